The van der Waals surface area contributed by atoms with Crippen molar-refractivity contribution in [2.24, 2.45) is 0 Å². The Morgan fingerprint density at radius 2 is 2.00 bits per heavy atom. The molecule has 1 aromatic carbocycles. The fraction of sp³-hybridized carbons (Fsp3) is 0. The molecule has 1 aromatic rings. The van der Waals surface area contributed by atoms with Crippen LogP contribution in [0.15, 0.2) is 24.3 Å². The molecule has 2 nitrogen and oxygen atoms in total. The molecule has 0 aliphatic carbocycles. The van der Waals surface area contributed by atoms with Crippen molar-refractivity contribution in [3.8, 4) is 0 Å². The van der Waals surface area contributed by atoms with Crippen LogP contribution in [0.2, 0.25) is 5.02 Å². The predicted octanol–water partition coefficient (Wildman–Crippen LogP) is 2.70. The zero-order chi connectivity index (χ0) is 9.42. The number of carbonyl (C=O) groups is 1. The van der Waals surface area contributed by atoms with Gasteiger partial charge in [-0.25, -0.2) is 5.32 Å². The normalized spacial score (nSPS) is 14.6. The summed E-state index contributed by atoms with van der Waals surface area (Å²) in [5.41, 5.74) is 1.27. The molecule has 1 amide bonds. The van der Waals surface area contributed by atoms with Gasteiger partial charge < -0.3 is 0 Å². The maximum absolute atomic E-state index is 11.0. The van der Waals surface area contributed by atoms with Gasteiger partial charge in [-0.05, 0) is 18.2 Å². The van der Waals surface area contributed by atoms with Crippen molar-refractivity contribution >= 4 is 39.8 Å². The number of nitrogens with zero attached hydrogens (tertiary/aromatic N) is 1. The lowest BCUT2D eigenvalue weighted by Gasteiger charge is -2.11. The zero-order valence-electron chi connectivity index (χ0n) is 6.42. The number of fused-ring (bicyclic) bond motifs is 1. The van der Waals surface area contributed by atoms with Crippen LogP contribution in [0.1, 0.15) is 5.56 Å². The summed E-state index contributed by atoms with van der Waals surface area (Å²) in [4.78, 5) is 11.0. The molecular formula is C9H4Cl2NO. The number of benzene rings is 1. The first kappa shape index (κ1) is 8.60. The van der Waals surface area contributed by atoms with Crippen LogP contribution in [0.4, 0.5) is 5.69 Å². The van der Waals surface area contributed by atoms with E-state index in [1.807, 2.05) is 0 Å². The van der Waals surface area contributed by atoms with E-state index < -0.39 is 0 Å². The molecule has 1 radical (unpaired) electrons. The number of halogens is 2. The summed E-state index contributed by atoms with van der Waals surface area (Å²) < 4.78 is 0. The highest BCUT2D eigenvalue weighted by molar-refractivity contribution is 6.51. The minimum Gasteiger partial charge on any atom is -0.267 e. The molecular weight excluding hydrogens is 209 g/mol. The molecule has 0 spiro atoms. The Morgan fingerprint density at radius 3 is 2.77 bits per heavy atom. The highest BCUT2D eigenvalue weighted by Crippen LogP contribution is 2.32. The molecule has 65 valence electrons. The third kappa shape index (κ3) is 1.55. The summed E-state index contributed by atoms with van der Waals surface area (Å²) in [7, 11) is 0. The average molecular weight is 213 g/mol. The SMILES string of the molecule is O=C1C=C(Cl)c2ccc(Cl)cc2[N]1. The van der Waals surface area contributed by atoms with E-state index in [9.17, 15) is 4.79 Å². The van der Waals surface area contributed by atoms with Crippen molar-refractivity contribution in [2.75, 3.05) is 0 Å². The van der Waals surface area contributed by atoms with Crippen LogP contribution in [-0.2, 0) is 4.79 Å². The molecule has 1 heterocycles. The van der Waals surface area contributed by atoms with Gasteiger partial charge in [0.25, 0.3) is 5.91 Å². The van der Waals surface area contributed by atoms with Gasteiger partial charge in [0.15, 0.2) is 0 Å². The second kappa shape index (κ2) is 3.05. The molecule has 0 saturated heterocycles. The first-order valence-corrected chi connectivity index (χ1v) is 4.35. The summed E-state index contributed by atoms with van der Waals surface area (Å²) in [6.45, 7) is 0. The monoisotopic (exact) mass is 212 g/mol. The number of hydrogen-bond donors (Lipinski definition) is 0. The summed E-state index contributed by atoms with van der Waals surface area (Å²) in [5, 5.41) is 4.73. The average Bonchev–Trinajstić information content (AvgIpc) is 2.02. The van der Waals surface area contributed by atoms with Gasteiger partial charge in [-0.3, -0.25) is 4.79 Å². The van der Waals surface area contributed by atoms with Crippen LogP contribution in [0.5, 0.6) is 0 Å². The molecule has 1 aliphatic rings. The van der Waals surface area contributed by atoms with E-state index in [1.165, 1.54) is 6.08 Å². The molecule has 2 rings (SSSR count). The Hall–Kier alpha value is -0.990. The van der Waals surface area contributed by atoms with Gasteiger partial charge in [0, 0.05) is 16.7 Å². The lowest BCUT2D eigenvalue weighted by molar-refractivity contribution is -0.115. The third-order valence-electron chi connectivity index (χ3n) is 1.70. The quantitative estimate of drug-likeness (QED) is 0.651. The maximum atomic E-state index is 11.0. The first-order valence-electron chi connectivity index (χ1n) is 3.59. The maximum Gasteiger partial charge on any atom is 0.271 e. The summed E-state index contributed by atoms with van der Waals surface area (Å²) in [6, 6.07) is 5.07. The number of amides is 1. The smallest absolute Gasteiger partial charge is 0.267 e. The predicted molar refractivity (Wildman–Crippen MR) is 52.1 cm³/mol. The molecule has 0 N–H and O–H groups in total. The highest BCUT2D eigenvalue weighted by Gasteiger charge is 2.16. The third-order valence-corrected chi connectivity index (χ3v) is 2.25. The van der Waals surface area contributed by atoms with Crippen molar-refractivity contribution in [1.82, 2.24) is 5.32 Å². The molecule has 0 saturated carbocycles. The van der Waals surface area contributed by atoms with Gasteiger partial charge in [-0.1, -0.05) is 23.2 Å². The lowest BCUT2D eigenvalue weighted by Crippen LogP contribution is -2.12. The van der Waals surface area contributed by atoms with Gasteiger partial charge >= 0.3 is 0 Å². The molecule has 1 aliphatic heterocycles. The minimum atomic E-state index is -0.347. The van der Waals surface area contributed by atoms with Crippen LogP contribution in [0.3, 0.4) is 0 Å². The van der Waals surface area contributed by atoms with E-state index >= 15 is 0 Å². The first-order chi connectivity index (χ1) is 6.16. The van der Waals surface area contributed by atoms with Crippen LogP contribution in [0.25, 0.3) is 5.03 Å². The minimum absolute atomic E-state index is 0.347. The van der Waals surface area contributed by atoms with E-state index in [-0.39, 0.29) is 5.91 Å². The van der Waals surface area contributed by atoms with E-state index in [1.54, 1.807) is 18.2 Å². The molecule has 13 heavy (non-hydrogen) atoms. The summed E-state index contributed by atoms with van der Waals surface area (Å²) in [5.74, 6) is -0.347. The Balaban J connectivity index is 2.60. The van der Waals surface area contributed by atoms with Gasteiger partial charge in [0.2, 0.25) is 0 Å². The standard InChI is InChI=1S/C9H4Cl2NO/c10-5-1-2-6-7(11)4-9(13)12-8(6)3-5/h1-4H. The zero-order valence-corrected chi connectivity index (χ0v) is 7.93. The number of carbonyl (C=O) groups excluding carboxylic acids is 1. The van der Waals surface area contributed by atoms with Crippen molar-refractivity contribution in [2.45, 2.75) is 0 Å². The molecule has 0 bridgehead atoms. The Bertz CT molecular complexity index is 412. The van der Waals surface area contributed by atoms with Crippen LogP contribution < -0.4 is 5.32 Å². The Labute approximate surface area is 85.1 Å². The van der Waals surface area contributed by atoms with Gasteiger partial charge in [-0.15, -0.1) is 0 Å². The summed E-state index contributed by atoms with van der Waals surface area (Å²) in [6.07, 6.45) is 1.29. The molecule has 0 aromatic heterocycles. The van der Waals surface area contributed by atoms with Crippen LogP contribution in [0, 0.1) is 0 Å². The Kier molecular flexibility index (Phi) is 2.02. The lowest BCUT2D eigenvalue weighted by atomic mass is 10.1. The number of rotatable bonds is 0. The van der Waals surface area contributed by atoms with Crippen LogP contribution in [-0.4, -0.2) is 5.91 Å². The van der Waals surface area contributed by atoms with Gasteiger partial charge in [0.1, 0.15) is 0 Å². The van der Waals surface area contributed by atoms with E-state index in [2.05, 4.69) is 5.32 Å². The fourth-order valence-corrected chi connectivity index (χ4v) is 1.56. The molecule has 0 unspecified atom stereocenters. The van der Waals surface area contributed by atoms with Gasteiger partial charge in [-0.2, -0.15) is 0 Å². The van der Waals surface area contributed by atoms with E-state index in [0.29, 0.717) is 15.7 Å². The van der Waals surface area contributed by atoms with Crippen molar-refractivity contribution in [3.63, 3.8) is 0 Å². The molecule has 4 heteroatoms. The summed E-state index contributed by atoms with van der Waals surface area (Å²) >= 11 is 11.6. The van der Waals surface area contributed by atoms with Crippen molar-refractivity contribution < 1.29 is 4.79 Å². The topological polar surface area (TPSA) is 31.2 Å². The van der Waals surface area contributed by atoms with Crippen LogP contribution >= 0.6 is 23.2 Å². The largest absolute Gasteiger partial charge is 0.271 e. The molecule has 0 atom stereocenters. The highest BCUT2D eigenvalue weighted by atomic mass is 35.5. The molecule has 0 fully saturated rings. The Morgan fingerprint density at radius 1 is 1.23 bits per heavy atom. The number of hydrogen-bond acceptors (Lipinski definition) is 1. The second-order valence-electron chi connectivity index (χ2n) is 2.60. The fourth-order valence-electron chi connectivity index (χ4n) is 1.14. The van der Waals surface area contributed by atoms with Gasteiger partial charge in [0.05, 0.1) is 10.7 Å². The van der Waals surface area contributed by atoms with E-state index in [0.717, 1.165) is 5.56 Å². The van der Waals surface area contributed by atoms with Crippen molar-refractivity contribution in [1.29, 1.82) is 0 Å². The second-order valence-corrected chi connectivity index (χ2v) is 3.45. The van der Waals surface area contributed by atoms with E-state index in [4.69, 9.17) is 23.2 Å². The van der Waals surface area contributed by atoms with Crippen molar-refractivity contribution in [3.05, 3.63) is 34.9 Å².